The van der Waals surface area contributed by atoms with Crippen molar-refractivity contribution in [2.24, 2.45) is 4.99 Å². The summed E-state index contributed by atoms with van der Waals surface area (Å²) in [6.45, 7) is 6.69. The van der Waals surface area contributed by atoms with Gasteiger partial charge in [-0.3, -0.25) is 14.6 Å². The smallest absolute Gasteiger partial charge is 0.305 e. The fourth-order valence-corrected chi connectivity index (χ4v) is 3.12. The second-order valence-electron chi connectivity index (χ2n) is 7.66. The van der Waals surface area contributed by atoms with E-state index >= 15 is 0 Å². The summed E-state index contributed by atoms with van der Waals surface area (Å²) in [5.41, 5.74) is 1.84. The van der Waals surface area contributed by atoms with Crippen molar-refractivity contribution in [3.8, 4) is 0 Å². The van der Waals surface area contributed by atoms with Crippen molar-refractivity contribution in [3.05, 3.63) is 35.4 Å². The molecule has 0 radical (unpaired) electrons. The van der Waals surface area contributed by atoms with E-state index in [1.165, 1.54) is 0 Å². The Morgan fingerprint density at radius 3 is 2.48 bits per heavy atom. The molecule has 1 aromatic carbocycles. The van der Waals surface area contributed by atoms with Gasteiger partial charge in [0.25, 0.3) is 5.91 Å². The molecule has 1 rings (SSSR count). The van der Waals surface area contributed by atoms with Crippen LogP contribution in [0.2, 0.25) is 0 Å². The van der Waals surface area contributed by atoms with Crippen LogP contribution in [0.25, 0.3) is 0 Å². The van der Waals surface area contributed by atoms with Gasteiger partial charge in [-0.25, -0.2) is 0 Å². The number of carbonyl (C=O) groups is 2. The zero-order chi connectivity index (χ0) is 22.9. The van der Waals surface area contributed by atoms with Crippen LogP contribution < -0.4 is 10.6 Å². The molecule has 0 spiro atoms. The summed E-state index contributed by atoms with van der Waals surface area (Å²) in [5.74, 6) is 0.750. The molecule has 7 nitrogen and oxygen atoms in total. The van der Waals surface area contributed by atoms with Crippen LogP contribution in [-0.4, -0.2) is 63.1 Å². The van der Waals surface area contributed by atoms with Crippen LogP contribution in [0, 0.1) is 0 Å². The molecule has 0 bridgehead atoms. The summed E-state index contributed by atoms with van der Waals surface area (Å²) in [6, 6.07) is 7.77. The number of hydrogen-bond acceptors (Lipinski definition) is 4. The van der Waals surface area contributed by atoms with E-state index in [1.807, 2.05) is 31.2 Å². The van der Waals surface area contributed by atoms with Crippen LogP contribution >= 0.6 is 0 Å². The predicted octanol–water partition coefficient (Wildman–Crippen LogP) is 3.39. The number of hydrogen-bond donors (Lipinski definition) is 2. The number of guanidine groups is 1. The van der Waals surface area contributed by atoms with Gasteiger partial charge in [-0.2, -0.15) is 0 Å². The van der Waals surface area contributed by atoms with Crippen molar-refractivity contribution in [2.75, 3.05) is 40.3 Å². The summed E-state index contributed by atoms with van der Waals surface area (Å²) in [6.07, 6.45) is 6.54. The molecular formula is C24H40N4O3. The Balaban J connectivity index is 2.30. The van der Waals surface area contributed by atoms with Gasteiger partial charge in [0.1, 0.15) is 0 Å². The molecule has 0 aliphatic carbocycles. The zero-order valence-electron chi connectivity index (χ0n) is 19.7. The topological polar surface area (TPSA) is 83.0 Å². The lowest BCUT2D eigenvalue weighted by molar-refractivity contribution is -0.143. The fraction of sp³-hybridized carbons (Fsp3) is 0.625. The molecule has 0 aliphatic rings. The number of unbranched alkanes of at least 4 members (excludes halogenated alkanes) is 4. The highest BCUT2D eigenvalue weighted by Gasteiger charge is 2.08. The molecule has 31 heavy (non-hydrogen) atoms. The van der Waals surface area contributed by atoms with Crippen molar-refractivity contribution in [2.45, 2.75) is 58.8 Å². The summed E-state index contributed by atoms with van der Waals surface area (Å²) >= 11 is 0. The molecule has 0 heterocycles. The largest absolute Gasteiger partial charge is 0.466 e. The normalized spacial score (nSPS) is 11.2. The number of carbonyl (C=O) groups excluding carboxylic acids is 2. The minimum atomic E-state index is -0.0931. The second kappa shape index (κ2) is 16.2. The van der Waals surface area contributed by atoms with E-state index < -0.39 is 0 Å². The average molecular weight is 433 g/mol. The first-order valence-corrected chi connectivity index (χ1v) is 11.5. The predicted molar refractivity (Wildman–Crippen MR) is 126 cm³/mol. The Labute approximate surface area is 187 Å². The molecule has 0 aromatic heterocycles. The summed E-state index contributed by atoms with van der Waals surface area (Å²) in [7, 11) is 3.53. The quantitative estimate of drug-likeness (QED) is 0.204. The molecule has 174 valence electrons. The van der Waals surface area contributed by atoms with E-state index in [9.17, 15) is 9.59 Å². The molecule has 0 unspecified atom stereocenters. The molecule has 0 atom stereocenters. The van der Waals surface area contributed by atoms with Crippen molar-refractivity contribution < 1.29 is 14.3 Å². The van der Waals surface area contributed by atoms with Gasteiger partial charge in [-0.05, 0) is 50.8 Å². The number of nitrogens with one attached hydrogen (secondary N) is 2. The third-order valence-corrected chi connectivity index (χ3v) is 4.74. The first kappa shape index (κ1) is 26.5. The minimum Gasteiger partial charge on any atom is -0.466 e. The lowest BCUT2D eigenvalue weighted by atomic mass is 10.1. The fourth-order valence-electron chi connectivity index (χ4n) is 3.12. The van der Waals surface area contributed by atoms with Gasteiger partial charge in [-0.15, -0.1) is 0 Å². The number of benzene rings is 1. The van der Waals surface area contributed by atoms with Crippen LogP contribution in [-0.2, 0) is 16.0 Å². The van der Waals surface area contributed by atoms with Gasteiger partial charge >= 0.3 is 5.97 Å². The number of rotatable bonds is 14. The summed E-state index contributed by atoms with van der Waals surface area (Å²) < 4.78 is 4.93. The van der Waals surface area contributed by atoms with Gasteiger partial charge < -0.3 is 20.3 Å². The van der Waals surface area contributed by atoms with Crippen LogP contribution in [0.15, 0.2) is 29.3 Å². The van der Waals surface area contributed by atoms with E-state index in [1.54, 1.807) is 19.0 Å². The van der Waals surface area contributed by atoms with Crippen molar-refractivity contribution in [3.63, 3.8) is 0 Å². The number of ether oxygens (including phenoxy) is 1. The maximum Gasteiger partial charge on any atom is 0.305 e. The van der Waals surface area contributed by atoms with Gasteiger partial charge in [-0.1, -0.05) is 31.4 Å². The molecule has 1 aromatic rings. The SMILES string of the molecule is CCNC(=NCCCCCCCC(=O)OCC)NCCc1cccc(C(=O)N(C)C)c1. The van der Waals surface area contributed by atoms with E-state index in [2.05, 4.69) is 22.5 Å². The molecule has 7 heteroatoms. The van der Waals surface area contributed by atoms with Crippen molar-refractivity contribution >= 4 is 17.8 Å². The van der Waals surface area contributed by atoms with Crippen LogP contribution in [0.3, 0.4) is 0 Å². The van der Waals surface area contributed by atoms with Gasteiger partial charge in [0.15, 0.2) is 5.96 Å². The van der Waals surface area contributed by atoms with E-state index in [4.69, 9.17) is 4.74 Å². The minimum absolute atomic E-state index is 0.0191. The zero-order valence-corrected chi connectivity index (χ0v) is 19.7. The van der Waals surface area contributed by atoms with Crippen LogP contribution in [0.1, 0.15) is 68.3 Å². The first-order chi connectivity index (χ1) is 15.0. The lowest BCUT2D eigenvalue weighted by Gasteiger charge is -2.13. The molecule has 0 saturated carbocycles. The van der Waals surface area contributed by atoms with Crippen molar-refractivity contribution in [1.29, 1.82) is 0 Å². The molecule has 0 fully saturated rings. The number of esters is 1. The molecular weight excluding hydrogens is 392 g/mol. The Kier molecular flexibility index (Phi) is 13.8. The third kappa shape index (κ3) is 12.0. The molecule has 0 aliphatic heterocycles. The van der Waals surface area contributed by atoms with Crippen LogP contribution in [0.5, 0.6) is 0 Å². The van der Waals surface area contributed by atoms with Crippen molar-refractivity contribution in [1.82, 2.24) is 15.5 Å². The van der Waals surface area contributed by atoms with Crippen LogP contribution in [0.4, 0.5) is 0 Å². The summed E-state index contributed by atoms with van der Waals surface area (Å²) in [5, 5.41) is 6.64. The highest BCUT2D eigenvalue weighted by Crippen LogP contribution is 2.08. The van der Waals surface area contributed by atoms with Gasteiger partial charge in [0, 0.05) is 45.7 Å². The Morgan fingerprint density at radius 1 is 1.03 bits per heavy atom. The monoisotopic (exact) mass is 432 g/mol. The Morgan fingerprint density at radius 2 is 1.77 bits per heavy atom. The number of nitrogens with zero attached hydrogens (tertiary/aromatic N) is 2. The highest BCUT2D eigenvalue weighted by molar-refractivity contribution is 5.94. The van der Waals surface area contributed by atoms with E-state index in [0.717, 1.165) is 69.7 Å². The van der Waals surface area contributed by atoms with Gasteiger partial charge in [0.2, 0.25) is 0 Å². The lowest BCUT2D eigenvalue weighted by Crippen LogP contribution is -2.38. The second-order valence-corrected chi connectivity index (χ2v) is 7.66. The maximum atomic E-state index is 12.1. The maximum absolute atomic E-state index is 12.1. The summed E-state index contributed by atoms with van der Waals surface area (Å²) in [4.78, 5) is 29.6. The third-order valence-electron chi connectivity index (χ3n) is 4.74. The Bertz CT molecular complexity index is 689. The highest BCUT2D eigenvalue weighted by atomic mass is 16.5. The molecule has 0 saturated heterocycles. The van der Waals surface area contributed by atoms with E-state index in [0.29, 0.717) is 18.6 Å². The molecule has 1 amide bonds. The van der Waals surface area contributed by atoms with Gasteiger partial charge in [0.05, 0.1) is 6.61 Å². The molecule has 2 N–H and O–H groups in total. The van der Waals surface area contributed by atoms with E-state index in [-0.39, 0.29) is 11.9 Å². The standard InChI is InChI=1S/C24H40N4O3/c1-5-25-24(26-17-11-9-7-8-10-15-22(29)31-6-2)27-18-16-20-13-12-14-21(19-20)23(30)28(3)4/h12-14,19H,5-11,15-18H2,1-4H3,(H2,25,26,27). The average Bonchev–Trinajstić information content (AvgIpc) is 2.75. The number of amides is 1. The Hall–Kier alpha value is -2.57. The number of aliphatic imine (C=N–C) groups is 1. The first-order valence-electron chi connectivity index (χ1n) is 11.5.